The Kier molecular flexibility index (Phi) is 24.6. The molecule has 0 spiro atoms. The largest absolute Gasteiger partial charge is 0.487 e. The lowest BCUT2D eigenvalue weighted by atomic mass is 10.6. The molecule has 0 aliphatic rings. The van der Waals surface area contributed by atoms with Crippen LogP contribution in [0.1, 0.15) is 13.8 Å². The van der Waals surface area contributed by atoms with E-state index in [4.69, 9.17) is 10.2 Å². The van der Waals surface area contributed by atoms with Crippen molar-refractivity contribution in [3.05, 3.63) is 0 Å². The number of hydrogen-bond acceptors (Lipinski definition) is 3. The van der Waals surface area contributed by atoms with Crippen molar-refractivity contribution in [3.8, 4) is 0 Å². The summed E-state index contributed by atoms with van der Waals surface area (Å²) in [6, 6.07) is 0. The second-order valence-corrected chi connectivity index (χ2v) is 2.58. The van der Waals surface area contributed by atoms with Crippen molar-refractivity contribution in [3.63, 3.8) is 0 Å². The molecule has 0 heterocycles. The van der Waals surface area contributed by atoms with Crippen LogP contribution in [-0.4, -0.2) is 44.0 Å². The molecule has 0 aliphatic carbocycles. The van der Waals surface area contributed by atoms with Gasteiger partial charge in [0.05, 0.1) is 0 Å². The van der Waals surface area contributed by atoms with Crippen molar-refractivity contribution in [2.75, 3.05) is 13.1 Å². The summed E-state index contributed by atoms with van der Waals surface area (Å²) in [6.07, 6.45) is 0. The molecule has 6 nitrogen and oxygen atoms in total. The molecule has 0 fully saturated rings. The highest BCUT2D eigenvalue weighted by molar-refractivity contribution is 7.80. The lowest BCUT2D eigenvalue weighted by Gasteiger charge is -2.15. The molecule has 0 aromatic rings. The van der Waals surface area contributed by atoms with Crippen LogP contribution in [0.4, 0.5) is 0 Å². The molecule has 0 amide bonds. The van der Waals surface area contributed by atoms with Gasteiger partial charge in [0, 0.05) is 13.1 Å². The average Bonchev–Trinajstić information content (AvgIpc) is 1.87. The highest BCUT2D eigenvalue weighted by Crippen LogP contribution is 1.85. The fraction of sp³-hybridized carbons (Fsp3) is 0.667. The summed E-state index contributed by atoms with van der Waals surface area (Å²) in [5.41, 5.74) is 4.40. The molecule has 88 valence electrons. The second kappa shape index (κ2) is 14.8. The monoisotopic (exact) mass is 245 g/mol. The molecule has 0 radical (unpaired) electrons. The fourth-order valence-corrected chi connectivity index (χ4v) is 0.752. The van der Waals surface area contributed by atoms with Gasteiger partial charge < -0.3 is 32.5 Å². The molecule has 0 aromatic carbocycles. The van der Waals surface area contributed by atoms with Gasteiger partial charge in [0.1, 0.15) is 0 Å². The van der Waals surface area contributed by atoms with Crippen molar-refractivity contribution >= 4 is 34.8 Å². The molecule has 0 atom stereocenters. The Balaban J connectivity index is -0.0000000733. The van der Waals surface area contributed by atoms with E-state index in [1.165, 1.54) is 0 Å². The number of aliphatic hydroxyl groups excluding tert-OH is 2. The van der Waals surface area contributed by atoms with E-state index in [0.717, 1.165) is 13.1 Å². The van der Waals surface area contributed by atoms with E-state index in [9.17, 15) is 0 Å². The highest BCUT2D eigenvalue weighted by Gasteiger charge is 1.98. The van der Waals surface area contributed by atoms with Crippen LogP contribution >= 0.6 is 24.4 Å². The first kappa shape index (κ1) is 23.3. The zero-order valence-corrected chi connectivity index (χ0v) is 9.99. The van der Waals surface area contributed by atoms with Crippen LogP contribution in [0.3, 0.4) is 0 Å². The van der Waals surface area contributed by atoms with Gasteiger partial charge in [-0.15, -0.1) is 0 Å². The molecule has 9 N–H and O–H groups in total. The van der Waals surface area contributed by atoms with Crippen molar-refractivity contribution in [1.29, 1.82) is 0 Å². The van der Waals surface area contributed by atoms with Crippen LogP contribution in [0.2, 0.25) is 0 Å². The Morgan fingerprint density at radius 3 is 1.43 bits per heavy atom. The van der Waals surface area contributed by atoms with E-state index in [0.29, 0.717) is 0 Å². The lowest BCUT2D eigenvalue weighted by molar-refractivity contribution is 0.371. The smallest absolute Gasteiger partial charge is 0.256 e. The van der Waals surface area contributed by atoms with Gasteiger partial charge in [0.15, 0.2) is 0 Å². The lowest BCUT2D eigenvalue weighted by Crippen LogP contribution is -2.28. The van der Waals surface area contributed by atoms with Crippen LogP contribution in [0.25, 0.3) is 0 Å². The SMILES string of the molecule is CCN(CC)C(O)=S.N.NC(O)=S.O. The summed E-state index contributed by atoms with van der Waals surface area (Å²) in [5, 5.41) is 15.7. The fourth-order valence-electron chi connectivity index (χ4n) is 0.494. The van der Waals surface area contributed by atoms with Gasteiger partial charge in [-0.05, 0) is 38.3 Å². The number of nitrogens with two attached hydrogens (primary N) is 1. The van der Waals surface area contributed by atoms with Gasteiger partial charge >= 0.3 is 0 Å². The van der Waals surface area contributed by atoms with E-state index >= 15 is 0 Å². The average molecular weight is 245 g/mol. The van der Waals surface area contributed by atoms with Gasteiger partial charge in [0.25, 0.3) is 10.3 Å². The maximum atomic E-state index is 8.67. The minimum Gasteiger partial charge on any atom is -0.487 e. The number of aliphatic hydroxyl groups is 2. The first-order chi connectivity index (χ1) is 5.45. The maximum absolute atomic E-state index is 8.67. The van der Waals surface area contributed by atoms with Crippen LogP contribution in [0.5, 0.6) is 0 Å². The molecule has 8 heteroatoms. The third kappa shape index (κ3) is 22.5. The molecule has 0 unspecified atom stereocenters. The highest BCUT2D eigenvalue weighted by atomic mass is 32.1. The molecule has 14 heavy (non-hydrogen) atoms. The van der Waals surface area contributed by atoms with Crippen LogP contribution in [0.15, 0.2) is 0 Å². The van der Waals surface area contributed by atoms with Crippen molar-refractivity contribution in [2.45, 2.75) is 13.8 Å². The molecular weight excluding hydrogens is 226 g/mol. The normalized spacial score (nSPS) is 6.71. The quantitative estimate of drug-likeness (QED) is 0.513. The predicted molar refractivity (Wildman–Crippen MR) is 66.2 cm³/mol. The topological polar surface area (TPSA) is 136 Å². The third-order valence-electron chi connectivity index (χ3n) is 1.03. The predicted octanol–water partition coefficient (Wildman–Crippen LogP) is 0.296. The van der Waals surface area contributed by atoms with Crippen molar-refractivity contribution in [1.82, 2.24) is 11.1 Å². The Hall–Kier alpha value is -0.700. The Labute approximate surface area is 94.6 Å². The number of thiocarbonyl (C=S) groups is 2. The van der Waals surface area contributed by atoms with Gasteiger partial charge in [-0.25, -0.2) is 0 Å². The van der Waals surface area contributed by atoms with E-state index < -0.39 is 5.17 Å². The first-order valence-electron chi connectivity index (χ1n) is 3.41. The second-order valence-electron chi connectivity index (χ2n) is 1.79. The minimum absolute atomic E-state index is 0. The minimum atomic E-state index is -0.500. The van der Waals surface area contributed by atoms with E-state index in [-0.39, 0.29) is 16.8 Å². The van der Waals surface area contributed by atoms with E-state index in [1.54, 1.807) is 4.90 Å². The standard InChI is InChI=1S/C5H11NOS.CH3NOS.H3N.H2O/c1-3-6(4-2)5(7)8;2-1(3)4;;/h3-4H2,1-2H3,(H,7,8);(H3,2,3,4);1H3;1H2. The molecule has 0 aliphatic heterocycles. The Bertz CT molecular complexity index is 149. The maximum Gasteiger partial charge on any atom is 0.256 e. The zero-order valence-electron chi connectivity index (χ0n) is 8.36. The van der Waals surface area contributed by atoms with E-state index in [1.807, 2.05) is 13.8 Å². The number of hydrogen-bond donors (Lipinski definition) is 4. The molecule has 0 bridgehead atoms. The third-order valence-corrected chi connectivity index (χ3v) is 1.29. The zero-order chi connectivity index (χ0) is 10.1. The summed E-state index contributed by atoms with van der Waals surface area (Å²) < 4.78 is 0. The van der Waals surface area contributed by atoms with E-state index in [2.05, 4.69) is 30.2 Å². The summed E-state index contributed by atoms with van der Waals surface area (Å²) in [4.78, 5) is 1.70. The molecule has 0 aromatic heterocycles. The van der Waals surface area contributed by atoms with Crippen LogP contribution in [-0.2, 0) is 0 Å². The molecular formula is C6H19N3O3S2. The van der Waals surface area contributed by atoms with Crippen molar-refractivity contribution in [2.24, 2.45) is 5.73 Å². The van der Waals surface area contributed by atoms with Crippen LogP contribution in [0, 0.1) is 0 Å². The number of rotatable bonds is 2. The molecule has 0 saturated carbocycles. The van der Waals surface area contributed by atoms with Crippen LogP contribution < -0.4 is 11.9 Å². The summed E-state index contributed by atoms with van der Waals surface area (Å²) in [5.74, 6) is 0. The van der Waals surface area contributed by atoms with Crippen molar-refractivity contribution < 1.29 is 15.7 Å². The number of nitrogens with zero attached hydrogens (tertiary/aromatic N) is 1. The molecule has 0 saturated heterocycles. The van der Waals surface area contributed by atoms with Gasteiger partial charge in [-0.3, -0.25) is 0 Å². The Morgan fingerprint density at radius 2 is 1.43 bits per heavy atom. The Morgan fingerprint density at radius 1 is 1.21 bits per heavy atom. The van der Waals surface area contributed by atoms with Gasteiger partial charge in [-0.2, -0.15) is 0 Å². The summed E-state index contributed by atoms with van der Waals surface area (Å²) >= 11 is 8.37. The van der Waals surface area contributed by atoms with Gasteiger partial charge in [0.2, 0.25) is 0 Å². The summed E-state index contributed by atoms with van der Waals surface area (Å²) in [6.45, 7) is 5.47. The van der Waals surface area contributed by atoms with Gasteiger partial charge in [-0.1, -0.05) is 0 Å². The molecule has 0 rings (SSSR count). The first-order valence-corrected chi connectivity index (χ1v) is 4.23. The summed E-state index contributed by atoms with van der Waals surface area (Å²) in [7, 11) is 0.